The molecule has 0 unspecified atom stereocenters. The van der Waals surface area contributed by atoms with Crippen LogP contribution in [0.4, 0.5) is 11.4 Å². The van der Waals surface area contributed by atoms with Crippen LogP contribution in [0.2, 0.25) is 0 Å². The Morgan fingerprint density at radius 3 is 2.85 bits per heavy atom. The summed E-state index contributed by atoms with van der Waals surface area (Å²) in [6.45, 7) is 0.611. The van der Waals surface area contributed by atoms with Gasteiger partial charge in [0.1, 0.15) is 11.6 Å². The van der Waals surface area contributed by atoms with Crippen molar-refractivity contribution in [2.24, 2.45) is 0 Å². The number of pyridine rings is 1. The van der Waals surface area contributed by atoms with Crippen LogP contribution < -0.4 is 5.32 Å². The van der Waals surface area contributed by atoms with E-state index in [0.717, 1.165) is 5.69 Å². The second kappa shape index (κ2) is 6.29. The summed E-state index contributed by atoms with van der Waals surface area (Å²) >= 11 is 0. The van der Waals surface area contributed by atoms with E-state index in [0.29, 0.717) is 18.7 Å². The first-order valence-electron chi connectivity index (χ1n) is 6.03. The van der Waals surface area contributed by atoms with Gasteiger partial charge in [-0.05, 0) is 24.3 Å². The maximum Gasteiger partial charge on any atom is 0.289 e. The van der Waals surface area contributed by atoms with Gasteiger partial charge in [-0.2, -0.15) is 5.26 Å². The van der Waals surface area contributed by atoms with Gasteiger partial charge in [0, 0.05) is 36.6 Å². The van der Waals surface area contributed by atoms with Gasteiger partial charge in [0.15, 0.2) is 0 Å². The predicted molar refractivity (Wildman–Crippen MR) is 74.2 cm³/mol. The predicted octanol–water partition coefficient (Wildman–Crippen LogP) is 2.52. The SMILES string of the molecule is N#Cc1ccc(NCCc2ccccn2)cc1[N+](=O)[O-]. The van der Waals surface area contributed by atoms with Crippen LogP contribution in [0.25, 0.3) is 0 Å². The maximum atomic E-state index is 10.8. The van der Waals surface area contributed by atoms with Gasteiger partial charge in [0.2, 0.25) is 0 Å². The average molecular weight is 268 g/mol. The van der Waals surface area contributed by atoms with Gasteiger partial charge in [-0.15, -0.1) is 0 Å². The second-order valence-electron chi connectivity index (χ2n) is 4.10. The van der Waals surface area contributed by atoms with Crippen molar-refractivity contribution in [1.82, 2.24) is 4.98 Å². The molecule has 0 aliphatic carbocycles. The molecule has 0 fully saturated rings. The lowest BCUT2D eigenvalue weighted by Crippen LogP contribution is -2.06. The standard InChI is InChI=1S/C14H12N4O2/c15-10-11-4-5-13(9-14(11)18(19)20)17-8-6-12-3-1-2-7-16-12/h1-5,7,9,17H,6,8H2. The van der Waals surface area contributed by atoms with Crippen molar-refractivity contribution in [2.45, 2.75) is 6.42 Å². The number of nitro benzene ring substituents is 1. The summed E-state index contributed by atoms with van der Waals surface area (Å²) in [5.41, 5.74) is 1.44. The second-order valence-corrected chi connectivity index (χ2v) is 4.10. The molecule has 0 amide bonds. The van der Waals surface area contributed by atoms with Crippen LogP contribution in [0.15, 0.2) is 42.6 Å². The van der Waals surface area contributed by atoms with Crippen LogP contribution >= 0.6 is 0 Å². The van der Waals surface area contributed by atoms with Gasteiger partial charge < -0.3 is 5.32 Å². The highest BCUT2D eigenvalue weighted by Gasteiger charge is 2.13. The van der Waals surface area contributed by atoms with Crippen LogP contribution in [0.5, 0.6) is 0 Å². The molecule has 2 aromatic rings. The van der Waals surface area contributed by atoms with Gasteiger partial charge in [-0.1, -0.05) is 6.07 Å². The van der Waals surface area contributed by atoms with Crippen LogP contribution in [-0.2, 0) is 6.42 Å². The summed E-state index contributed by atoms with van der Waals surface area (Å²) in [6.07, 6.45) is 2.44. The van der Waals surface area contributed by atoms with Crippen molar-refractivity contribution in [3.63, 3.8) is 0 Å². The number of hydrogen-bond donors (Lipinski definition) is 1. The molecule has 6 heteroatoms. The van der Waals surface area contributed by atoms with Gasteiger partial charge in [-0.3, -0.25) is 15.1 Å². The van der Waals surface area contributed by atoms with E-state index in [-0.39, 0.29) is 11.3 Å². The highest BCUT2D eigenvalue weighted by atomic mass is 16.6. The third-order valence-electron chi connectivity index (χ3n) is 2.75. The van der Waals surface area contributed by atoms with E-state index in [1.165, 1.54) is 12.1 Å². The molecule has 6 nitrogen and oxygen atoms in total. The summed E-state index contributed by atoms with van der Waals surface area (Å²) in [6, 6.07) is 12.0. The molecule has 1 heterocycles. The lowest BCUT2D eigenvalue weighted by atomic mass is 10.1. The molecular weight excluding hydrogens is 256 g/mol. The topological polar surface area (TPSA) is 91.8 Å². The van der Waals surface area contributed by atoms with Crippen molar-refractivity contribution in [1.29, 1.82) is 5.26 Å². The molecule has 0 spiro atoms. The van der Waals surface area contributed by atoms with E-state index in [1.807, 2.05) is 18.2 Å². The summed E-state index contributed by atoms with van der Waals surface area (Å²) < 4.78 is 0. The van der Waals surface area contributed by atoms with Crippen LogP contribution in [0.1, 0.15) is 11.3 Å². The molecule has 0 atom stereocenters. The molecule has 2 rings (SSSR count). The summed E-state index contributed by atoms with van der Waals surface area (Å²) in [4.78, 5) is 14.5. The molecule has 0 bridgehead atoms. The number of nitro groups is 1. The van der Waals surface area contributed by atoms with Crippen LogP contribution in [0.3, 0.4) is 0 Å². The molecule has 1 aromatic heterocycles. The summed E-state index contributed by atoms with van der Waals surface area (Å²) in [5, 5.41) is 22.7. The Morgan fingerprint density at radius 1 is 1.35 bits per heavy atom. The number of aromatic nitrogens is 1. The Morgan fingerprint density at radius 2 is 2.20 bits per heavy atom. The zero-order chi connectivity index (χ0) is 14.4. The van der Waals surface area contributed by atoms with E-state index < -0.39 is 4.92 Å². The molecule has 0 aliphatic rings. The first kappa shape index (κ1) is 13.5. The lowest BCUT2D eigenvalue weighted by molar-refractivity contribution is -0.385. The van der Waals surface area contributed by atoms with Gasteiger partial charge >= 0.3 is 0 Å². The Bertz CT molecular complexity index is 650. The van der Waals surface area contributed by atoms with Crippen LogP contribution in [-0.4, -0.2) is 16.5 Å². The zero-order valence-electron chi connectivity index (χ0n) is 10.6. The molecule has 0 saturated heterocycles. The van der Waals surface area contributed by atoms with E-state index >= 15 is 0 Å². The van der Waals surface area contributed by atoms with Gasteiger partial charge in [0.05, 0.1) is 4.92 Å². The fourth-order valence-corrected chi connectivity index (χ4v) is 1.77. The highest BCUT2D eigenvalue weighted by molar-refractivity contribution is 5.59. The monoisotopic (exact) mass is 268 g/mol. The number of nitrogens with zero attached hydrogens (tertiary/aromatic N) is 3. The molecule has 1 aromatic carbocycles. The molecule has 100 valence electrons. The summed E-state index contributed by atoms with van der Waals surface area (Å²) in [5.74, 6) is 0. The van der Waals surface area contributed by atoms with E-state index in [4.69, 9.17) is 5.26 Å². The maximum absolute atomic E-state index is 10.8. The number of hydrogen-bond acceptors (Lipinski definition) is 5. The normalized spacial score (nSPS) is 9.75. The third-order valence-corrected chi connectivity index (χ3v) is 2.75. The zero-order valence-corrected chi connectivity index (χ0v) is 10.6. The first-order valence-corrected chi connectivity index (χ1v) is 6.03. The molecule has 20 heavy (non-hydrogen) atoms. The van der Waals surface area contributed by atoms with E-state index in [2.05, 4.69) is 10.3 Å². The third kappa shape index (κ3) is 3.29. The Labute approximate surface area is 115 Å². The fraction of sp³-hybridized carbons (Fsp3) is 0.143. The minimum absolute atomic E-state index is 0.0604. The molecule has 0 saturated carbocycles. The van der Waals surface area contributed by atoms with Crippen molar-refractivity contribution in [2.75, 3.05) is 11.9 Å². The van der Waals surface area contributed by atoms with Gasteiger partial charge in [0.25, 0.3) is 5.69 Å². The molecule has 1 N–H and O–H groups in total. The van der Waals surface area contributed by atoms with Crippen molar-refractivity contribution >= 4 is 11.4 Å². The number of rotatable bonds is 5. The van der Waals surface area contributed by atoms with E-state index in [9.17, 15) is 10.1 Å². The first-order chi connectivity index (χ1) is 9.70. The number of nitriles is 1. The lowest BCUT2D eigenvalue weighted by Gasteiger charge is -2.06. The van der Waals surface area contributed by atoms with E-state index in [1.54, 1.807) is 18.3 Å². The Kier molecular flexibility index (Phi) is 4.24. The Balaban J connectivity index is 2.02. The van der Waals surface area contributed by atoms with Crippen molar-refractivity contribution in [3.05, 3.63) is 64.0 Å². The summed E-state index contributed by atoms with van der Waals surface area (Å²) in [7, 11) is 0. The van der Waals surface area contributed by atoms with Gasteiger partial charge in [-0.25, -0.2) is 0 Å². The van der Waals surface area contributed by atoms with Crippen molar-refractivity contribution < 1.29 is 4.92 Å². The molecular formula is C14H12N4O2. The Hall–Kier alpha value is -2.94. The molecule has 0 radical (unpaired) electrons. The van der Waals surface area contributed by atoms with Crippen LogP contribution in [0, 0.1) is 21.4 Å². The number of nitrogens with one attached hydrogen (secondary N) is 1. The number of benzene rings is 1. The minimum Gasteiger partial charge on any atom is -0.384 e. The van der Waals surface area contributed by atoms with Crippen molar-refractivity contribution in [3.8, 4) is 6.07 Å². The highest BCUT2D eigenvalue weighted by Crippen LogP contribution is 2.22. The average Bonchev–Trinajstić information content (AvgIpc) is 2.48. The quantitative estimate of drug-likeness (QED) is 0.664. The fourth-order valence-electron chi connectivity index (χ4n) is 1.77. The largest absolute Gasteiger partial charge is 0.384 e. The smallest absolute Gasteiger partial charge is 0.289 e. The molecule has 0 aliphatic heterocycles. The number of anilines is 1. The minimum atomic E-state index is -0.553.